The number of allylic oxidation sites excluding steroid dienone is 1. The smallest absolute Gasteiger partial charge is 0.308 e. The first-order valence-electron chi connectivity index (χ1n) is 4.05. The zero-order valence-electron chi connectivity index (χ0n) is 7.90. The third-order valence-corrected chi connectivity index (χ3v) is 3.56. The molecule has 4 nitrogen and oxygen atoms in total. The molecule has 0 spiro atoms. The summed E-state index contributed by atoms with van der Waals surface area (Å²) in [5.74, 6) is 0. The Bertz CT molecular complexity index is 236. The van der Waals surface area contributed by atoms with Gasteiger partial charge in [-0.05, 0) is 13.8 Å². The van der Waals surface area contributed by atoms with Crippen LogP contribution in [0.1, 0.15) is 13.8 Å². The highest BCUT2D eigenvalue weighted by Gasteiger charge is 2.33. The van der Waals surface area contributed by atoms with E-state index in [2.05, 4.69) is 6.58 Å². The van der Waals surface area contributed by atoms with Crippen molar-refractivity contribution in [3.05, 3.63) is 12.7 Å². The predicted octanol–water partition coefficient (Wildman–Crippen LogP) is 2.33. The largest absolute Gasteiger partial charge is 0.351 e. The topological polar surface area (TPSA) is 59.3 Å². The molecule has 0 heterocycles. The zero-order valence-corrected chi connectivity index (χ0v) is 8.79. The van der Waals surface area contributed by atoms with E-state index in [0.29, 0.717) is 0 Å². The second kappa shape index (κ2) is 5.93. The van der Waals surface area contributed by atoms with Crippen LogP contribution in [-0.4, -0.2) is 18.9 Å². The van der Waals surface area contributed by atoms with Gasteiger partial charge in [0.05, 0.1) is 19.3 Å². The molecule has 0 aliphatic heterocycles. The van der Waals surface area contributed by atoms with Crippen LogP contribution in [-0.2, 0) is 13.6 Å². The van der Waals surface area contributed by atoms with E-state index in [9.17, 15) is 4.57 Å². The molecule has 0 aromatic heterocycles. The van der Waals surface area contributed by atoms with Crippen molar-refractivity contribution in [3.63, 3.8) is 0 Å². The first-order valence-corrected chi connectivity index (χ1v) is 5.66. The Morgan fingerprint density at radius 1 is 1.54 bits per heavy atom. The maximum absolute atomic E-state index is 11.8. The van der Waals surface area contributed by atoms with Gasteiger partial charge in [-0.3, -0.25) is 4.57 Å². The molecule has 0 amide bonds. The molecule has 0 rings (SSSR count). The molecule has 74 valence electrons. The summed E-state index contributed by atoms with van der Waals surface area (Å²) in [7, 11) is -3.31. The number of hydrogen-bond acceptors (Lipinski definition) is 4. The maximum atomic E-state index is 11.8. The molecule has 0 fully saturated rings. The van der Waals surface area contributed by atoms with Crippen molar-refractivity contribution in [2.75, 3.05) is 13.2 Å². The fourth-order valence-electron chi connectivity index (χ4n) is 0.810. The van der Waals surface area contributed by atoms with Crippen molar-refractivity contribution in [1.82, 2.24) is 0 Å². The van der Waals surface area contributed by atoms with E-state index in [4.69, 9.17) is 14.3 Å². The second-order valence-corrected chi connectivity index (χ2v) is 4.34. The fourth-order valence-corrected chi connectivity index (χ4v) is 2.33. The van der Waals surface area contributed by atoms with Crippen LogP contribution in [0.25, 0.3) is 0 Å². The van der Waals surface area contributed by atoms with Crippen LogP contribution < -0.4 is 0 Å². The molecule has 1 atom stereocenters. The highest BCUT2D eigenvalue weighted by atomic mass is 31.2. The van der Waals surface area contributed by atoms with Gasteiger partial charge < -0.3 is 9.05 Å². The van der Waals surface area contributed by atoms with E-state index < -0.39 is 13.3 Å². The number of rotatable bonds is 6. The van der Waals surface area contributed by atoms with E-state index in [1.54, 1.807) is 13.8 Å². The Morgan fingerprint density at radius 2 is 2.00 bits per heavy atom. The third kappa shape index (κ3) is 3.31. The van der Waals surface area contributed by atoms with Crippen molar-refractivity contribution in [1.29, 1.82) is 5.26 Å². The Kier molecular flexibility index (Phi) is 5.65. The summed E-state index contributed by atoms with van der Waals surface area (Å²) >= 11 is 0. The van der Waals surface area contributed by atoms with Crippen molar-refractivity contribution >= 4 is 7.60 Å². The van der Waals surface area contributed by atoms with Gasteiger partial charge >= 0.3 is 7.60 Å². The minimum atomic E-state index is -3.31. The second-order valence-electron chi connectivity index (χ2n) is 2.19. The van der Waals surface area contributed by atoms with Crippen LogP contribution in [0.4, 0.5) is 0 Å². The number of nitrogens with zero attached hydrogens (tertiary/aromatic N) is 1. The zero-order chi connectivity index (χ0) is 10.3. The van der Waals surface area contributed by atoms with Gasteiger partial charge in [-0.15, -0.1) is 6.58 Å². The van der Waals surface area contributed by atoms with Gasteiger partial charge in [0.1, 0.15) is 0 Å². The lowest BCUT2D eigenvalue weighted by molar-refractivity contribution is 0.219. The summed E-state index contributed by atoms with van der Waals surface area (Å²) in [5, 5.41) is 8.66. The first kappa shape index (κ1) is 12.4. The Balaban J connectivity index is 4.66. The van der Waals surface area contributed by atoms with E-state index >= 15 is 0 Å². The Labute approximate surface area is 78.7 Å². The molecule has 0 aliphatic rings. The van der Waals surface area contributed by atoms with Crippen molar-refractivity contribution in [2.45, 2.75) is 19.5 Å². The van der Waals surface area contributed by atoms with Gasteiger partial charge in [0, 0.05) is 0 Å². The normalized spacial score (nSPS) is 13.3. The van der Waals surface area contributed by atoms with Crippen LogP contribution in [0.15, 0.2) is 12.7 Å². The van der Waals surface area contributed by atoms with Gasteiger partial charge in [0.25, 0.3) is 0 Å². The Hall–Kier alpha value is -0.620. The highest BCUT2D eigenvalue weighted by molar-refractivity contribution is 7.55. The number of hydrogen-bond donors (Lipinski definition) is 0. The van der Waals surface area contributed by atoms with Crippen molar-refractivity contribution < 1.29 is 13.6 Å². The van der Waals surface area contributed by atoms with E-state index in [1.165, 1.54) is 6.08 Å². The summed E-state index contributed by atoms with van der Waals surface area (Å²) in [5.41, 5.74) is -0.882. The molecule has 0 aromatic rings. The lowest BCUT2D eigenvalue weighted by Crippen LogP contribution is -2.08. The quantitative estimate of drug-likeness (QED) is 0.491. The monoisotopic (exact) mass is 203 g/mol. The van der Waals surface area contributed by atoms with Gasteiger partial charge in [-0.1, -0.05) is 6.08 Å². The molecule has 0 N–H and O–H groups in total. The number of nitriles is 1. The molecule has 0 saturated heterocycles. The van der Waals surface area contributed by atoms with E-state index in [1.807, 2.05) is 6.07 Å². The van der Waals surface area contributed by atoms with Crippen molar-refractivity contribution in [2.24, 2.45) is 0 Å². The summed E-state index contributed by atoms with van der Waals surface area (Å²) in [6.07, 6.45) is 1.28. The van der Waals surface area contributed by atoms with Gasteiger partial charge in [0.15, 0.2) is 5.66 Å². The third-order valence-electron chi connectivity index (χ3n) is 1.31. The average molecular weight is 203 g/mol. The summed E-state index contributed by atoms with van der Waals surface area (Å²) < 4.78 is 21.7. The predicted molar refractivity (Wildman–Crippen MR) is 50.5 cm³/mol. The van der Waals surface area contributed by atoms with Gasteiger partial charge in [-0.2, -0.15) is 5.26 Å². The molecule has 0 bridgehead atoms. The van der Waals surface area contributed by atoms with E-state index in [0.717, 1.165) is 0 Å². The molecule has 5 heteroatoms. The molecule has 0 aliphatic carbocycles. The van der Waals surface area contributed by atoms with Gasteiger partial charge in [-0.25, -0.2) is 0 Å². The lowest BCUT2D eigenvalue weighted by Gasteiger charge is -2.18. The van der Waals surface area contributed by atoms with Crippen LogP contribution in [0.5, 0.6) is 0 Å². The van der Waals surface area contributed by atoms with Gasteiger partial charge in [0.2, 0.25) is 0 Å². The van der Waals surface area contributed by atoms with Crippen molar-refractivity contribution in [3.8, 4) is 6.07 Å². The Morgan fingerprint density at radius 3 is 2.23 bits per heavy atom. The minimum absolute atomic E-state index is 0.253. The molecule has 0 saturated carbocycles. The van der Waals surface area contributed by atoms with E-state index in [-0.39, 0.29) is 13.2 Å². The molecule has 0 aromatic carbocycles. The van der Waals surface area contributed by atoms with Crippen LogP contribution in [0.2, 0.25) is 0 Å². The lowest BCUT2D eigenvalue weighted by atomic mass is 10.5. The SMILES string of the molecule is C=CC(C#N)P(=O)(OCC)OCC. The molecule has 13 heavy (non-hydrogen) atoms. The summed E-state index contributed by atoms with van der Waals surface area (Å²) in [6.45, 7) is 7.31. The minimum Gasteiger partial charge on any atom is -0.308 e. The van der Waals surface area contributed by atoms with Crippen LogP contribution in [0.3, 0.4) is 0 Å². The fraction of sp³-hybridized carbons (Fsp3) is 0.625. The highest BCUT2D eigenvalue weighted by Crippen LogP contribution is 2.53. The summed E-state index contributed by atoms with van der Waals surface area (Å²) in [6, 6.07) is 1.83. The van der Waals surface area contributed by atoms with Crippen LogP contribution >= 0.6 is 7.60 Å². The molecule has 1 unspecified atom stereocenters. The standard InChI is InChI=1S/C8H14NO3P/c1-4-8(7-9)13(10,11-5-2)12-6-3/h4,8H,1,5-6H2,2-3H3. The average Bonchev–Trinajstić information content (AvgIpc) is 2.07. The first-order chi connectivity index (χ1) is 6.14. The molecular formula is C8H14NO3P. The molecule has 0 radical (unpaired) electrons. The summed E-state index contributed by atoms with van der Waals surface area (Å²) in [4.78, 5) is 0. The maximum Gasteiger partial charge on any atom is 0.351 e. The molecular weight excluding hydrogens is 189 g/mol. The van der Waals surface area contributed by atoms with Crippen LogP contribution in [0, 0.1) is 11.3 Å².